The lowest BCUT2D eigenvalue weighted by Crippen LogP contribution is -2.29. The number of carbonyl (C=O) groups excluding carboxylic acids is 2. The van der Waals surface area contributed by atoms with Gasteiger partial charge in [0.15, 0.2) is 6.10 Å². The molecule has 0 amide bonds. The summed E-state index contributed by atoms with van der Waals surface area (Å²) in [5.41, 5.74) is 5.34. The minimum Gasteiger partial charge on any atom is -0.462 e. The first-order valence-electron chi connectivity index (χ1n) is 21.5. The zero-order valence-electron chi connectivity index (χ0n) is 34.0. The van der Waals surface area contributed by atoms with Crippen LogP contribution in [0.2, 0.25) is 0 Å². The lowest BCUT2D eigenvalue weighted by molar-refractivity contribution is -0.161. The normalized spacial score (nSPS) is 13.7. The Morgan fingerprint density at radius 1 is 0.566 bits per heavy atom. The Kier molecular flexibility index (Phi) is 38.6. The molecular weight excluding hydrogens is 689 g/mol. The quantitative estimate of drug-likeness (QED) is 0.0270. The number of allylic oxidation sites excluding steroid dienone is 6. The van der Waals surface area contributed by atoms with Gasteiger partial charge >= 0.3 is 19.8 Å². The van der Waals surface area contributed by atoms with Crippen molar-refractivity contribution in [2.24, 2.45) is 5.73 Å². The predicted octanol–water partition coefficient (Wildman–Crippen LogP) is 12.2. The third kappa shape index (κ3) is 39.7. The maximum Gasteiger partial charge on any atom is 0.472 e. The van der Waals surface area contributed by atoms with Crippen LogP contribution in [-0.2, 0) is 32.7 Å². The SMILES string of the molecule is CCCCCCCC/C=C/C/C=C/C/C=C/CCCC(=O)OC[C@H](COP(=O)(O)OCCN)OC(=O)CCCCCCCCCCCCCCCCC. The summed E-state index contributed by atoms with van der Waals surface area (Å²) in [7, 11) is -4.38. The summed E-state index contributed by atoms with van der Waals surface area (Å²) >= 11 is 0. The zero-order valence-corrected chi connectivity index (χ0v) is 34.9. The fourth-order valence-electron chi connectivity index (χ4n) is 5.83. The molecule has 0 rings (SSSR count). The summed E-state index contributed by atoms with van der Waals surface area (Å²) in [4.78, 5) is 34.8. The molecule has 0 aliphatic carbocycles. The van der Waals surface area contributed by atoms with Crippen molar-refractivity contribution in [3.8, 4) is 0 Å². The Labute approximate surface area is 324 Å². The number of nitrogens with two attached hydrogens (primary N) is 1. The fraction of sp³-hybridized carbons (Fsp3) is 0.814. The molecule has 0 heterocycles. The molecule has 1 unspecified atom stereocenters. The molecule has 0 saturated carbocycles. The van der Waals surface area contributed by atoms with E-state index in [0.717, 1.165) is 44.9 Å². The van der Waals surface area contributed by atoms with E-state index in [1.165, 1.54) is 109 Å². The van der Waals surface area contributed by atoms with Crippen LogP contribution in [-0.4, -0.2) is 49.3 Å². The molecular formula is C43H80NO8P. The smallest absolute Gasteiger partial charge is 0.462 e. The number of hydrogen-bond acceptors (Lipinski definition) is 8. The lowest BCUT2D eigenvalue weighted by atomic mass is 10.0. The van der Waals surface area contributed by atoms with Gasteiger partial charge in [-0.2, -0.15) is 0 Å². The van der Waals surface area contributed by atoms with Gasteiger partial charge in [-0.05, 0) is 44.9 Å². The van der Waals surface area contributed by atoms with Gasteiger partial charge in [-0.3, -0.25) is 18.6 Å². The highest BCUT2D eigenvalue weighted by Gasteiger charge is 2.25. The predicted molar refractivity (Wildman–Crippen MR) is 220 cm³/mol. The Balaban J connectivity index is 4.23. The van der Waals surface area contributed by atoms with Crippen molar-refractivity contribution in [1.29, 1.82) is 0 Å². The number of rotatable bonds is 40. The molecule has 0 aliphatic rings. The van der Waals surface area contributed by atoms with Crippen molar-refractivity contribution < 1.29 is 37.6 Å². The second-order valence-corrected chi connectivity index (χ2v) is 15.7. The number of phosphoric acid groups is 1. The van der Waals surface area contributed by atoms with E-state index in [4.69, 9.17) is 24.3 Å². The summed E-state index contributed by atoms with van der Waals surface area (Å²) in [5, 5.41) is 0. The van der Waals surface area contributed by atoms with Gasteiger partial charge in [-0.15, -0.1) is 0 Å². The molecule has 0 aromatic carbocycles. The minimum atomic E-state index is -4.38. The van der Waals surface area contributed by atoms with E-state index >= 15 is 0 Å². The molecule has 3 N–H and O–H groups in total. The van der Waals surface area contributed by atoms with Crippen molar-refractivity contribution in [2.75, 3.05) is 26.4 Å². The average Bonchev–Trinajstić information content (AvgIpc) is 3.14. The van der Waals surface area contributed by atoms with E-state index in [1.807, 2.05) is 0 Å². The van der Waals surface area contributed by atoms with Gasteiger partial charge in [0.05, 0.1) is 13.2 Å². The van der Waals surface area contributed by atoms with Gasteiger partial charge in [-0.1, -0.05) is 172 Å². The summed E-state index contributed by atoms with van der Waals surface area (Å²) in [6.45, 7) is 3.68. The van der Waals surface area contributed by atoms with Gasteiger partial charge in [-0.25, -0.2) is 4.57 Å². The van der Waals surface area contributed by atoms with Gasteiger partial charge in [0.25, 0.3) is 0 Å². The van der Waals surface area contributed by atoms with Crippen LogP contribution in [0.3, 0.4) is 0 Å². The molecule has 0 aliphatic heterocycles. The van der Waals surface area contributed by atoms with Crippen LogP contribution in [0.4, 0.5) is 0 Å². The largest absolute Gasteiger partial charge is 0.472 e. The molecule has 9 nitrogen and oxygen atoms in total. The highest BCUT2D eigenvalue weighted by atomic mass is 31.2. The van der Waals surface area contributed by atoms with Crippen molar-refractivity contribution >= 4 is 19.8 Å². The van der Waals surface area contributed by atoms with Gasteiger partial charge in [0.1, 0.15) is 6.61 Å². The van der Waals surface area contributed by atoms with E-state index in [9.17, 15) is 19.0 Å². The summed E-state index contributed by atoms with van der Waals surface area (Å²) in [6.07, 6.45) is 43.2. The number of hydrogen-bond donors (Lipinski definition) is 2. The minimum absolute atomic E-state index is 0.0477. The van der Waals surface area contributed by atoms with E-state index in [0.29, 0.717) is 12.8 Å². The number of ether oxygens (including phenoxy) is 2. The topological polar surface area (TPSA) is 134 Å². The Morgan fingerprint density at radius 2 is 1.00 bits per heavy atom. The Hall–Kier alpha value is -1.77. The van der Waals surface area contributed by atoms with Crippen molar-refractivity contribution in [2.45, 2.75) is 200 Å². The number of carbonyl (C=O) groups is 2. The summed E-state index contributed by atoms with van der Waals surface area (Å²) in [5.74, 6) is -0.885. The van der Waals surface area contributed by atoms with Crippen molar-refractivity contribution in [3.63, 3.8) is 0 Å². The summed E-state index contributed by atoms with van der Waals surface area (Å²) < 4.78 is 32.7. The Morgan fingerprint density at radius 3 is 1.51 bits per heavy atom. The van der Waals surface area contributed by atoms with Gasteiger partial charge in [0, 0.05) is 19.4 Å². The highest BCUT2D eigenvalue weighted by molar-refractivity contribution is 7.47. The highest BCUT2D eigenvalue weighted by Crippen LogP contribution is 2.43. The molecule has 0 aromatic heterocycles. The monoisotopic (exact) mass is 770 g/mol. The maximum atomic E-state index is 12.6. The van der Waals surface area contributed by atoms with E-state index < -0.39 is 32.5 Å². The average molecular weight is 770 g/mol. The molecule has 0 bridgehead atoms. The number of unbranched alkanes of at least 4 members (excludes halogenated alkanes) is 21. The van der Waals surface area contributed by atoms with Crippen LogP contribution in [0.25, 0.3) is 0 Å². The second-order valence-electron chi connectivity index (χ2n) is 14.2. The third-order valence-electron chi connectivity index (χ3n) is 9.03. The molecule has 310 valence electrons. The van der Waals surface area contributed by atoms with E-state index in [-0.39, 0.29) is 32.6 Å². The molecule has 0 radical (unpaired) electrons. The van der Waals surface area contributed by atoms with Gasteiger partial charge < -0.3 is 20.1 Å². The first-order chi connectivity index (χ1) is 25.8. The molecule has 0 spiro atoms. The van der Waals surface area contributed by atoms with Crippen molar-refractivity contribution in [3.05, 3.63) is 36.5 Å². The van der Waals surface area contributed by atoms with E-state index in [1.54, 1.807) is 0 Å². The van der Waals surface area contributed by atoms with Crippen LogP contribution >= 0.6 is 7.82 Å². The molecule has 53 heavy (non-hydrogen) atoms. The lowest BCUT2D eigenvalue weighted by Gasteiger charge is -2.19. The molecule has 0 saturated heterocycles. The third-order valence-corrected chi connectivity index (χ3v) is 10.0. The zero-order chi connectivity index (χ0) is 38.9. The van der Waals surface area contributed by atoms with Gasteiger partial charge in [0.2, 0.25) is 0 Å². The Bertz CT molecular complexity index is 970. The first-order valence-corrected chi connectivity index (χ1v) is 23.0. The molecule has 2 atom stereocenters. The van der Waals surface area contributed by atoms with E-state index in [2.05, 4.69) is 50.3 Å². The fourth-order valence-corrected chi connectivity index (χ4v) is 6.59. The number of esters is 2. The van der Waals surface area contributed by atoms with Crippen molar-refractivity contribution in [1.82, 2.24) is 0 Å². The maximum absolute atomic E-state index is 12.6. The van der Waals surface area contributed by atoms with Crippen LogP contribution < -0.4 is 5.73 Å². The molecule has 0 aromatic rings. The van der Waals surface area contributed by atoms with Crippen LogP contribution in [0.15, 0.2) is 36.5 Å². The number of phosphoric ester groups is 1. The van der Waals surface area contributed by atoms with Crippen LogP contribution in [0.5, 0.6) is 0 Å². The second kappa shape index (κ2) is 39.9. The first kappa shape index (κ1) is 51.2. The molecule has 10 heteroatoms. The summed E-state index contributed by atoms with van der Waals surface area (Å²) in [6, 6.07) is 0. The molecule has 0 fully saturated rings. The standard InChI is InChI=1S/C43H80NO8P/c1-3-5-7-9-11-13-15-17-19-20-22-23-25-27-29-31-33-35-42(45)49-39-41(40-51-53(47,48)50-38-37-44)52-43(46)36-34-32-30-28-26-24-21-18-16-14-12-10-8-6-4-2/h17,19,22-23,27,29,41H,3-16,18,20-21,24-26,28,30-40,44H2,1-2H3,(H,47,48)/b19-17+,23-22+,29-27+/t41-/m1/s1. The van der Waals surface area contributed by atoms with Crippen LogP contribution in [0, 0.1) is 0 Å². The van der Waals surface area contributed by atoms with Crippen LogP contribution in [0.1, 0.15) is 194 Å².